The van der Waals surface area contributed by atoms with Gasteiger partial charge in [0.2, 0.25) is 5.91 Å². The molecule has 0 aliphatic carbocycles. The van der Waals surface area contributed by atoms with Crippen LogP contribution in [0, 0.1) is 12.8 Å². The molecule has 0 spiro atoms. The van der Waals surface area contributed by atoms with E-state index in [9.17, 15) is 4.79 Å². The van der Waals surface area contributed by atoms with E-state index in [1.54, 1.807) is 6.07 Å². The molecule has 1 atom stereocenters. The highest BCUT2D eigenvalue weighted by Gasteiger charge is 2.17. The zero-order valence-electron chi connectivity index (χ0n) is 10.3. The van der Waals surface area contributed by atoms with Crippen LogP contribution < -0.4 is 10.6 Å². The summed E-state index contributed by atoms with van der Waals surface area (Å²) in [6.45, 7) is 3.91. The van der Waals surface area contributed by atoms with Crippen molar-refractivity contribution < 1.29 is 4.79 Å². The maximum absolute atomic E-state index is 11.8. The van der Waals surface area contributed by atoms with E-state index in [0.717, 1.165) is 30.8 Å². The van der Waals surface area contributed by atoms with Crippen molar-refractivity contribution in [2.75, 3.05) is 18.4 Å². The van der Waals surface area contributed by atoms with Crippen molar-refractivity contribution in [1.82, 2.24) is 5.32 Å². The normalized spacial score (nSPS) is 18.2. The van der Waals surface area contributed by atoms with Gasteiger partial charge in [-0.2, -0.15) is 0 Å². The molecule has 1 saturated heterocycles. The fourth-order valence-corrected chi connectivity index (χ4v) is 2.21. The highest BCUT2D eigenvalue weighted by Crippen LogP contribution is 2.21. The Bertz CT molecular complexity index is 417. The second kappa shape index (κ2) is 6.98. The predicted octanol–water partition coefficient (Wildman–Crippen LogP) is 3.01. The number of hydrogen-bond acceptors (Lipinski definition) is 2. The molecule has 2 N–H and O–H groups in total. The van der Waals surface area contributed by atoms with Crippen molar-refractivity contribution in [2.45, 2.75) is 19.8 Å². The Morgan fingerprint density at radius 3 is 2.94 bits per heavy atom. The summed E-state index contributed by atoms with van der Waals surface area (Å²) in [6.07, 6.45) is 1.67. The molecule has 0 aromatic heterocycles. The maximum Gasteiger partial charge on any atom is 0.224 e. The number of nitrogens with one attached hydrogen (secondary N) is 2. The molecule has 1 aromatic rings. The molecule has 0 radical (unpaired) electrons. The summed E-state index contributed by atoms with van der Waals surface area (Å²) in [4.78, 5) is 11.8. The zero-order valence-corrected chi connectivity index (χ0v) is 11.9. The van der Waals surface area contributed by atoms with E-state index in [-0.39, 0.29) is 18.3 Å². The predicted molar refractivity (Wildman–Crippen MR) is 77.7 cm³/mol. The summed E-state index contributed by atoms with van der Waals surface area (Å²) >= 11 is 6.01. The van der Waals surface area contributed by atoms with Crippen molar-refractivity contribution in [1.29, 1.82) is 0 Å². The number of halogens is 2. The molecule has 1 aliphatic rings. The molecule has 0 saturated carbocycles. The summed E-state index contributed by atoms with van der Waals surface area (Å²) in [5.74, 6) is 0.537. The molecule has 1 unspecified atom stereocenters. The standard InChI is InChI=1S/C13H17ClN2O.ClH/c1-9-2-3-11(7-12(9)14)16-13(17)6-10-4-5-15-8-10;/h2-3,7,10,15H,4-6,8H2,1H3,(H,16,17);1H. The molecule has 1 heterocycles. The summed E-state index contributed by atoms with van der Waals surface area (Å²) in [6, 6.07) is 5.59. The zero-order chi connectivity index (χ0) is 12.3. The first-order valence-corrected chi connectivity index (χ1v) is 6.29. The van der Waals surface area contributed by atoms with Crippen LogP contribution >= 0.6 is 24.0 Å². The van der Waals surface area contributed by atoms with Gasteiger partial charge in [-0.1, -0.05) is 17.7 Å². The third-order valence-electron chi connectivity index (χ3n) is 3.09. The van der Waals surface area contributed by atoms with Crippen molar-refractivity contribution in [3.8, 4) is 0 Å². The molecule has 5 heteroatoms. The Morgan fingerprint density at radius 1 is 1.56 bits per heavy atom. The van der Waals surface area contributed by atoms with Crippen LogP contribution in [-0.4, -0.2) is 19.0 Å². The molecule has 2 rings (SSSR count). The second-order valence-electron chi connectivity index (χ2n) is 4.58. The van der Waals surface area contributed by atoms with E-state index in [0.29, 0.717) is 17.4 Å². The first-order valence-electron chi connectivity index (χ1n) is 5.92. The third-order valence-corrected chi connectivity index (χ3v) is 3.50. The van der Waals surface area contributed by atoms with Gasteiger partial charge in [0.25, 0.3) is 0 Å². The summed E-state index contributed by atoms with van der Waals surface area (Å²) in [5.41, 5.74) is 1.79. The molecule has 18 heavy (non-hydrogen) atoms. The van der Waals surface area contributed by atoms with E-state index in [1.807, 2.05) is 19.1 Å². The molecule has 0 bridgehead atoms. The highest BCUT2D eigenvalue weighted by molar-refractivity contribution is 6.31. The topological polar surface area (TPSA) is 41.1 Å². The number of anilines is 1. The number of amides is 1. The SMILES string of the molecule is Cc1ccc(NC(=O)CC2CCNC2)cc1Cl.Cl. The fraction of sp³-hybridized carbons (Fsp3) is 0.462. The minimum Gasteiger partial charge on any atom is -0.326 e. The van der Waals surface area contributed by atoms with Crippen molar-refractivity contribution in [3.05, 3.63) is 28.8 Å². The lowest BCUT2D eigenvalue weighted by molar-refractivity contribution is -0.116. The van der Waals surface area contributed by atoms with Crippen LogP contribution in [0.2, 0.25) is 5.02 Å². The van der Waals surface area contributed by atoms with Gasteiger partial charge in [0.15, 0.2) is 0 Å². The maximum atomic E-state index is 11.8. The Labute approximate surface area is 119 Å². The van der Waals surface area contributed by atoms with E-state index < -0.39 is 0 Å². The van der Waals surface area contributed by atoms with E-state index >= 15 is 0 Å². The Balaban J connectivity index is 0.00000162. The third kappa shape index (κ3) is 4.16. The van der Waals surface area contributed by atoms with Crippen LogP contribution in [0.25, 0.3) is 0 Å². The number of hydrogen-bond donors (Lipinski definition) is 2. The Kier molecular flexibility index (Phi) is 5.93. The minimum atomic E-state index is 0. The molecule has 1 aromatic carbocycles. The van der Waals surface area contributed by atoms with Crippen molar-refractivity contribution in [2.24, 2.45) is 5.92 Å². The van der Waals surface area contributed by atoms with Crippen LogP contribution in [0.3, 0.4) is 0 Å². The molecule has 1 fully saturated rings. The van der Waals surface area contributed by atoms with Gasteiger partial charge >= 0.3 is 0 Å². The molecule has 1 amide bonds. The number of benzene rings is 1. The van der Waals surface area contributed by atoms with E-state index in [1.165, 1.54) is 0 Å². The van der Waals surface area contributed by atoms with Gasteiger partial charge in [-0.3, -0.25) is 4.79 Å². The van der Waals surface area contributed by atoms with Crippen LogP contribution in [0.1, 0.15) is 18.4 Å². The van der Waals surface area contributed by atoms with Gasteiger partial charge in [0, 0.05) is 17.1 Å². The first kappa shape index (κ1) is 15.3. The Hall–Kier alpha value is -0.770. The van der Waals surface area contributed by atoms with Gasteiger partial charge in [-0.15, -0.1) is 12.4 Å². The summed E-state index contributed by atoms with van der Waals surface area (Å²) in [7, 11) is 0. The number of rotatable bonds is 3. The molecule has 100 valence electrons. The smallest absolute Gasteiger partial charge is 0.224 e. The van der Waals surface area contributed by atoms with Crippen LogP contribution in [0.5, 0.6) is 0 Å². The molecule has 3 nitrogen and oxygen atoms in total. The molecular formula is C13H18Cl2N2O. The largest absolute Gasteiger partial charge is 0.326 e. The summed E-state index contributed by atoms with van der Waals surface area (Å²) in [5, 5.41) is 6.83. The number of aryl methyl sites for hydroxylation is 1. The molecular weight excluding hydrogens is 271 g/mol. The average molecular weight is 289 g/mol. The lowest BCUT2D eigenvalue weighted by Crippen LogP contribution is -2.18. The van der Waals surface area contributed by atoms with Gasteiger partial charge in [0.05, 0.1) is 0 Å². The number of carbonyl (C=O) groups is 1. The Morgan fingerprint density at radius 2 is 2.33 bits per heavy atom. The average Bonchev–Trinajstić information content (AvgIpc) is 2.76. The van der Waals surface area contributed by atoms with Gasteiger partial charge in [0.1, 0.15) is 0 Å². The second-order valence-corrected chi connectivity index (χ2v) is 4.98. The lowest BCUT2D eigenvalue weighted by Gasteiger charge is -2.10. The summed E-state index contributed by atoms with van der Waals surface area (Å²) < 4.78 is 0. The lowest BCUT2D eigenvalue weighted by atomic mass is 10.0. The monoisotopic (exact) mass is 288 g/mol. The highest BCUT2D eigenvalue weighted by atomic mass is 35.5. The van der Waals surface area contributed by atoms with Crippen molar-refractivity contribution in [3.63, 3.8) is 0 Å². The van der Waals surface area contributed by atoms with E-state index in [2.05, 4.69) is 10.6 Å². The van der Waals surface area contributed by atoms with Gasteiger partial charge in [-0.05, 0) is 50.0 Å². The molecule has 1 aliphatic heterocycles. The van der Waals surface area contributed by atoms with Crippen LogP contribution in [-0.2, 0) is 4.79 Å². The van der Waals surface area contributed by atoms with Gasteiger partial charge in [-0.25, -0.2) is 0 Å². The van der Waals surface area contributed by atoms with E-state index in [4.69, 9.17) is 11.6 Å². The fourth-order valence-electron chi connectivity index (χ4n) is 2.03. The first-order chi connectivity index (χ1) is 8.15. The van der Waals surface area contributed by atoms with Crippen molar-refractivity contribution >= 4 is 35.6 Å². The quantitative estimate of drug-likeness (QED) is 0.898. The van der Waals surface area contributed by atoms with Crippen LogP contribution in [0.4, 0.5) is 5.69 Å². The minimum absolute atomic E-state index is 0. The van der Waals surface area contributed by atoms with Gasteiger partial charge < -0.3 is 10.6 Å². The van der Waals surface area contributed by atoms with Crippen LogP contribution in [0.15, 0.2) is 18.2 Å². The number of carbonyl (C=O) groups excluding carboxylic acids is 1.